The maximum absolute atomic E-state index is 13.5. The Kier molecular flexibility index (Phi) is 9.18. The van der Waals surface area contributed by atoms with Crippen molar-refractivity contribution < 1.29 is 42.9 Å². The second-order valence-electron chi connectivity index (χ2n) is 11.2. The van der Waals surface area contributed by atoms with Gasteiger partial charge in [-0.2, -0.15) is 0 Å². The summed E-state index contributed by atoms with van der Waals surface area (Å²) in [6.45, 7) is 11.3. The summed E-state index contributed by atoms with van der Waals surface area (Å²) in [5.74, 6) is -2.06. The van der Waals surface area contributed by atoms with Crippen LogP contribution in [0.15, 0.2) is 78.9 Å². The third-order valence-corrected chi connectivity index (χ3v) is 7.48. The van der Waals surface area contributed by atoms with Crippen LogP contribution in [0.1, 0.15) is 52.9 Å². The second kappa shape index (κ2) is 13.3. The molecule has 3 aromatic rings. The molecule has 1 aliphatic heterocycles. The van der Waals surface area contributed by atoms with Gasteiger partial charge < -0.3 is 18.9 Å². The molecule has 2 aromatic carbocycles. The van der Waals surface area contributed by atoms with Gasteiger partial charge in [0.2, 0.25) is 0 Å². The number of benzene rings is 2. The average molecular weight is 637 g/mol. The van der Waals surface area contributed by atoms with Crippen LogP contribution in [0, 0.1) is 5.41 Å². The molecule has 0 spiro atoms. The number of fused-ring (bicyclic) bond motifs is 5. The van der Waals surface area contributed by atoms with Crippen molar-refractivity contribution in [1.82, 2.24) is 9.55 Å². The van der Waals surface area contributed by atoms with Crippen molar-refractivity contribution >= 4 is 41.9 Å². The summed E-state index contributed by atoms with van der Waals surface area (Å²) < 4.78 is 22.0. The van der Waals surface area contributed by atoms with Crippen LogP contribution in [0.25, 0.3) is 34.7 Å². The van der Waals surface area contributed by atoms with E-state index < -0.39 is 29.3 Å². The highest BCUT2D eigenvalue weighted by molar-refractivity contribution is 6.10. The number of nitrogens with zero attached hydrogens (tertiary/aromatic N) is 2. The quantitative estimate of drug-likeness (QED) is 0.0933. The first-order chi connectivity index (χ1) is 22.4. The van der Waals surface area contributed by atoms with Crippen LogP contribution in [0.3, 0.4) is 0 Å². The van der Waals surface area contributed by atoms with Crippen molar-refractivity contribution in [1.29, 1.82) is 0 Å². The molecule has 0 amide bonds. The van der Waals surface area contributed by atoms with Gasteiger partial charge in [-0.05, 0) is 68.3 Å². The highest BCUT2D eigenvalue weighted by Crippen LogP contribution is 2.39. The molecule has 0 saturated carbocycles. The molecular weight excluding hydrogens is 604 g/mol. The van der Waals surface area contributed by atoms with E-state index in [2.05, 4.69) is 13.2 Å². The molecular formula is C36H32N2O9. The number of rotatable bonds is 11. The predicted molar refractivity (Wildman–Crippen MR) is 172 cm³/mol. The van der Waals surface area contributed by atoms with Crippen LogP contribution in [0.2, 0.25) is 0 Å². The van der Waals surface area contributed by atoms with E-state index in [0.29, 0.717) is 33.9 Å². The zero-order valence-corrected chi connectivity index (χ0v) is 26.2. The fourth-order valence-corrected chi connectivity index (χ4v) is 4.88. The molecule has 2 heterocycles. The number of imidazole rings is 1. The Balaban J connectivity index is 1.30. The smallest absolute Gasteiger partial charge is 0.338 e. The molecule has 11 heteroatoms. The van der Waals surface area contributed by atoms with E-state index in [0.717, 1.165) is 11.1 Å². The maximum atomic E-state index is 13.5. The molecule has 5 rings (SSSR count). The van der Waals surface area contributed by atoms with Crippen LogP contribution in [0.4, 0.5) is 0 Å². The van der Waals surface area contributed by atoms with Gasteiger partial charge in [-0.1, -0.05) is 43.5 Å². The molecule has 47 heavy (non-hydrogen) atoms. The Morgan fingerprint density at radius 3 is 2.09 bits per heavy atom. The van der Waals surface area contributed by atoms with Gasteiger partial charge in [0.25, 0.3) is 5.91 Å². The van der Waals surface area contributed by atoms with Gasteiger partial charge >= 0.3 is 23.9 Å². The minimum absolute atomic E-state index is 0.0882. The van der Waals surface area contributed by atoms with Gasteiger partial charge in [-0.25, -0.2) is 19.4 Å². The predicted octanol–water partition coefficient (Wildman–Crippen LogP) is 5.20. The molecule has 1 unspecified atom stereocenters. The Hall–Kier alpha value is -5.84. The number of carbonyl (C=O) groups excluding carboxylic acids is 5. The van der Waals surface area contributed by atoms with Gasteiger partial charge in [0.15, 0.2) is 0 Å². The zero-order chi connectivity index (χ0) is 33.9. The number of aromatic nitrogens is 2. The molecule has 0 fully saturated rings. The van der Waals surface area contributed by atoms with Crippen LogP contribution in [0.5, 0.6) is 0 Å². The van der Waals surface area contributed by atoms with Crippen molar-refractivity contribution in [3.8, 4) is 22.5 Å². The number of esters is 4. The summed E-state index contributed by atoms with van der Waals surface area (Å²) >= 11 is 0. The van der Waals surface area contributed by atoms with Gasteiger partial charge in [-0.3, -0.25) is 14.2 Å². The summed E-state index contributed by atoms with van der Waals surface area (Å²) in [5, 5.41) is 0. The molecule has 1 atom stereocenters. The Morgan fingerprint density at radius 2 is 1.40 bits per heavy atom. The third kappa shape index (κ3) is 6.74. The summed E-state index contributed by atoms with van der Waals surface area (Å²) in [7, 11) is 0. The molecule has 0 N–H and O–H groups in total. The first-order valence-corrected chi connectivity index (χ1v) is 14.7. The fourth-order valence-electron chi connectivity index (χ4n) is 4.88. The van der Waals surface area contributed by atoms with Crippen LogP contribution < -0.4 is 0 Å². The fraction of sp³-hybridized carbons (Fsp3) is 0.222. The molecule has 240 valence electrons. The van der Waals surface area contributed by atoms with E-state index in [1.807, 2.05) is 12.1 Å². The normalized spacial score (nSPS) is 15.5. The lowest BCUT2D eigenvalue weighted by atomic mass is 9.90. The summed E-state index contributed by atoms with van der Waals surface area (Å²) in [5.41, 5.74) is 3.25. The summed E-state index contributed by atoms with van der Waals surface area (Å²) in [4.78, 5) is 66.9. The number of ether oxygens (including phenoxy) is 4. The lowest BCUT2D eigenvalue weighted by Gasteiger charge is -2.19. The van der Waals surface area contributed by atoms with Gasteiger partial charge in [0.05, 0.1) is 22.5 Å². The minimum atomic E-state index is -1.15. The standard InChI is InChI=1S/C36H32N2O9/c1-21(2)32(40)44-15-16-46-34(42)25-8-6-7-23(19-25)24-9-10-26-27(20-24)30-37-28-11-13-36(5,14-12-29(28)38(30)31(26)39)35(43)47-18-17-45-33(41)22(3)4/h6-14,19-20H,1,3,15-18H2,2,4-5H3. The van der Waals surface area contributed by atoms with E-state index in [4.69, 9.17) is 23.9 Å². The van der Waals surface area contributed by atoms with E-state index in [-0.39, 0.29) is 43.5 Å². The van der Waals surface area contributed by atoms with E-state index in [9.17, 15) is 24.0 Å². The van der Waals surface area contributed by atoms with Crippen molar-refractivity contribution in [3.63, 3.8) is 0 Å². The largest absolute Gasteiger partial charge is 0.461 e. The van der Waals surface area contributed by atoms with Crippen molar-refractivity contribution in [3.05, 3.63) is 101 Å². The second-order valence-corrected chi connectivity index (χ2v) is 11.2. The van der Waals surface area contributed by atoms with Crippen molar-refractivity contribution in [2.45, 2.75) is 20.8 Å². The van der Waals surface area contributed by atoms with Gasteiger partial charge in [0.1, 0.15) is 37.7 Å². The topological polar surface area (TPSA) is 140 Å². The highest BCUT2D eigenvalue weighted by atomic mass is 16.6. The van der Waals surface area contributed by atoms with Gasteiger partial charge in [-0.15, -0.1) is 0 Å². The van der Waals surface area contributed by atoms with Crippen LogP contribution in [-0.2, 0) is 33.3 Å². The Morgan fingerprint density at radius 1 is 0.787 bits per heavy atom. The Bertz CT molecular complexity index is 1910. The highest BCUT2D eigenvalue weighted by Gasteiger charge is 2.35. The van der Waals surface area contributed by atoms with Crippen molar-refractivity contribution in [2.75, 3.05) is 26.4 Å². The minimum Gasteiger partial charge on any atom is -0.461 e. The van der Waals surface area contributed by atoms with Crippen LogP contribution >= 0.6 is 0 Å². The third-order valence-electron chi connectivity index (χ3n) is 7.48. The SMILES string of the molecule is C=C(C)C(=O)OCCOC(=O)c1cccc(-c2ccc3c(c2)-c2nc4c(n2C3=O)C=CC(C)(C(=O)OCCOC(=O)C(=C)C)C=C4)c1. The summed E-state index contributed by atoms with van der Waals surface area (Å²) in [6, 6.07) is 12.2. The first kappa shape index (κ1) is 32.6. The number of hydrogen-bond acceptors (Lipinski definition) is 10. The van der Waals surface area contributed by atoms with Crippen molar-refractivity contribution in [2.24, 2.45) is 5.41 Å². The lowest BCUT2D eigenvalue weighted by Crippen LogP contribution is -2.27. The number of hydrogen-bond donors (Lipinski definition) is 0. The lowest BCUT2D eigenvalue weighted by molar-refractivity contribution is -0.154. The molecule has 1 aliphatic carbocycles. The van der Waals surface area contributed by atoms with E-state index in [1.54, 1.807) is 61.6 Å². The molecule has 0 radical (unpaired) electrons. The maximum Gasteiger partial charge on any atom is 0.338 e. The molecule has 1 aromatic heterocycles. The van der Waals surface area contributed by atoms with E-state index in [1.165, 1.54) is 18.4 Å². The molecule has 11 nitrogen and oxygen atoms in total. The Labute approximate surface area is 270 Å². The average Bonchev–Trinajstić information content (AvgIpc) is 3.49. The summed E-state index contributed by atoms with van der Waals surface area (Å²) in [6.07, 6.45) is 6.64. The van der Waals surface area contributed by atoms with Gasteiger partial charge in [0, 0.05) is 16.7 Å². The zero-order valence-electron chi connectivity index (χ0n) is 26.2. The molecule has 2 aliphatic rings. The number of carbonyl (C=O) groups is 5. The first-order valence-electron chi connectivity index (χ1n) is 14.7. The molecule has 0 bridgehead atoms. The monoisotopic (exact) mass is 636 g/mol. The van der Waals surface area contributed by atoms with E-state index >= 15 is 0 Å². The molecule has 0 saturated heterocycles. The van der Waals surface area contributed by atoms with Crippen LogP contribution in [-0.4, -0.2) is 65.8 Å².